The number of nitrogens with zero attached hydrogens (tertiary/aromatic N) is 1. The molecule has 0 saturated heterocycles. The number of nitrogens with one attached hydrogen (secondary N) is 1. The molecule has 1 amide bonds. The number of para-hydroxylation sites is 1. The lowest BCUT2D eigenvalue weighted by Gasteiger charge is -2.14. The zero-order chi connectivity index (χ0) is 20.5. The highest BCUT2D eigenvalue weighted by molar-refractivity contribution is 7.18. The largest absolute Gasteiger partial charge is 0.456 e. The first-order valence-corrected chi connectivity index (χ1v) is 10.7. The summed E-state index contributed by atoms with van der Waals surface area (Å²) in [4.78, 5) is 28.4. The van der Waals surface area contributed by atoms with Crippen molar-refractivity contribution >= 4 is 33.4 Å². The number of carbonyl (C=O) groups is 2. The molecule has 1 heterocycles. The van der Waals surface area contributed by atoms with Crippen molar-refractivity contribution < 1.29 is 14.3 Å². The van der Waals surface area contributed by atoms with Gasteiger partial charge < -0.3 is 10.1 Å². The third kappa shape index (κ3) is 6.98. The lowest BCUT2D eigenvalue weighted by molar-refractivity contribution is -0.148. The van der Waals surface area contributed by atoms with Crippen molar-refractivity contribution in [2.45, 2.75) is 45.1 Å². The van der Waals surface area contributed by atoms with Gasteiger partial charge >= 0.3 is 5.97 Å². The fourth-order valence-electron chi connectivity index (χ4n) is 3.05. The highest BCUT2D eigenvalue weighted by Crippen LogP contribution is 2.22. The number of esters is 1. The van der Waals surface area contributed by atoms with Gasteiger partial charge in [-0.15, -0.1) is 11.3 Å². The van der Waals surface area contributed by atoms with Gasteiger partial charge in [-0.25, -0.2) is 4.98 Å². The zero-order valence-electron chi connectivity index (χ0n) is 16.6. The Morgan fingerprint density at radius 2 is 1.83 bits per heavy atom. The lowest BCUT2D eigenvalue weighted by atomic mass is 10.1. The van der Waals surface area contributed by atoms with Crippen LogP contribution < -0.4 is 5.32 Å². The minimum absolute atomic E-state index is 0.0282. The quantitative estimate of drug-likeness (QED) is 0.506. The maximum atomic E-state index is 12.0. The summed E-state index contributed by atoms with van der Waals surface area (Å²) in [5.41, 5.74) is 2.24. The van der Waals surface area contributed by atoms with Crippen LogP contribution in [0.5, 0.6) is 0 Å². The normalized spacial score (nSPS) is 11.9. The molecule has 152 valence electrons. The summed E-state index contributed by atoms with van der Waals surface area (Å²) >= 11 is 1.65. The Morgan fingerprint density at radius 1 is 1.07 bits per heavy atom. The lowest BCUT2D eigenvalue weighted by Crippen LogP contribution is -2.36. The second kappa shape index (κ2) is 10.7. The van der Waals surface area contributed by atoms with Crippen molar-refractivity contribution in [3.05, 3.63) is 65.2 Å². The van der Waals surface area contributed by atoms with E-state index in [1.807, 2.05) is 49.4 Å². The molecule has 0 aliphatic heterocycles. The summed E-state index contributed by atoms with van der Waals surface area (Å²) in [5, 5.41) is 3.90. The van der Waals surface area contributed by atoms with Gasteiger partial charge in [-0.3, -0.25) is 9.59 Å². The van der Waals surface area contributed by atoms with Crippen molar-refractivity contribution in [1.82, 2.24) is 10.3 Å². The average Bonchev–Trinajstić information content (AvgIpc) is 3.14. The number of benzene rings is 2. The molecule has 1 N–H and O–H groups in total. The molecule has 0 aliphatic rings. The van der Waals surface area contributed by atoms with E-state index in [1.165, 1.54) is 5.56 Å². The number of fused-ring (bicyclic) bond motifs is 1. The highest BCUT2D eigenvalue weighted by Gasteiger charge is 2.11. The number of amides is 1. The van der Waals surface area contributed by atoms with E-state index < -0.39 is 0 Å². The Morgan fingerprint density at radius 3 is 2.62 bits per heavy atom. The van der Waals surface area contributed by atoms with E-state index in [9.17, 15) is 9.59 Å². The maximum absolute atomic E-state index is 12.0. The van der Waals surface area contributed by atoms with Crippen LogP contribution in [0.2, 0.25) is 0 Å². The van der Waals surface area contributed by atoms with E-state index >= 15 is 0 Å². The first kappa shape index (κ1) is 21.0. The molecule has 3 rings (SSSR count). The Hall–Kier alpha value is -2.73. The molecule has 0 aliphatic carbocycles. The molecule has 0 bridgehead atoms. The fraction of sp³-hybridized carbons (Fsp3) is 0.348. The van der Waals surface area contributed by atoms with Gasteiger partial charge in [0.2, 0.25) is 0 Å². The Balaban J connectivity index is 1.29. The number of carbonyl (C=O) groups excluding carboxylic acids is 2. The van der Waals surface area contributed by atoms with E-state index in [0.717, 1.165) is 34.5 Å². The van der Waals surface area contributed by atoms with E-state index in [2.05, 4.69) is 22.4 Å². The minimum Gasteiger partial charge on any atom is -0.456 e. The van der Waals surface area contributed by atoms with Crippen LogP contribution in [0, 0.1) is 0 Å². The van der Waals surface area contributed by atoms with Crippen molar-refractivity contribution in [3.8, 4) is 0 Å². The van der Waals surface area contributed by atoms with E-state index in [-0.39, 0.29) is 30.9 Å². The number of hydrogen-bond acceptors (Lipinski definition) is 5. The molecule has 0 spiro atoms. The van der Waals surface area contributed by atoms with Gasteiger partial charge in [-0.05, 0) is 50.3 Å². The van der Waals surface area contributed by atoms with Gasteiger partial charge in [0, 0.05) is 12.5 Å². The molecule has 6 heteroatoms. The molecule has 2 aromatic carbocycles. The Bertz CT molecular complexity index is 906. The molecule has 0 radical (unpaired) electrons. The minimum atomic E-state index is -0.349. The summed E-state index contributed by atoms with van der Waals surface area (Å²) in [6, 6.07) is 18.2. The fourth-order valence-corrected chi connectivity index (χ4v) is 4.05. The Labute approximate surface area is 175 Å². The molecule has 0 saturated carbocycles. The Kier molecular flexibility index (Phi) is 7.76. The van der Waals surface area contributed by atoms with Gasteiger partial charge in [-0.2, -0.15) is 0 Å². The molecule has 3 aromatic rings. The summed E-state index contributed by atoms with van der Waals surface area (Å²) in [7, 11) is 0. The van der Waals surface area contributed by atoms with Crippen molar-refractivity contribution in [2.75, 3.05) is 6.61 Å². The van der Waals surface area contributed by atoms with Crippen LogP contribution in [0.1, 0.15) is 36.8 Å². The molecule has 0 fully saturated rings. The van der Waals surface area contributed by atoms with E-state index in [4.69, 9.17) is 4.74 Å². The van der Waals surface area contributed by atoms with Crippen molar-refractivity contribution in [3.63, 3.8) is 0 Å². The topological polar surface area (TPSA) is 68.3 Å². The second-order valence-electron chi connectivity index (χ2n) is 7.08. The average molecular weight is 411 g/mol. The number of aryl methyl sites for hydroxylation is 2. The van der Waals surface area contributed by atoms with E-state index in [0.29, 0.717) is 6.42 Å². The van der Waals surface area contributed by atoms with Crippen LogP contribution in [0.15, 0.2) is 54.6 Å². The number of hydrogen-bond donors (Lipinski definition) is 1. The van der Waals surface area contributed by atoms with Crippen LogP contribution in [-0.2, 0) is 27.2 Å². The van der Waals surface area contributed by atoms with Crippen LogP contribution in [0.25, 0.3) is 10.2 Å². The summed E-state index contributed by atoms with van der Waals surface area (Å²) in [6.07, 6.45) is 3.41. The molecule has 29 heavy (non-hydrogen) atoms. The van der Waals surface area contributed by atoms with Crippen LogP contribution in [-0.4, -0.2) is 29.5 Å². The summed E-state index contributed by atoms with van der Waals surface area (Å²) < 4.78 is 6.25. The molecule has 5 nitrogen and oxygen atoms in total. The maximum Gasteiger partial charge on any atom is 0.306 e. The highest BCUT2D eigenvalue weighted by atomic mass is 32.1. The number of rotatable bonds is 10. The number of aromatic nitrogens is 1. The van der Waals surface area contributed by atoms with Crippen LogP contribution in [0.4, 0.5) is 0 Å². The van der Waals surface area contributed by atoms with Gasteiger partial charge in [-0.1, -0.05) is 42.5 Å². The second-order valence-corrected chi connectivity index (χ2v) is 8.20. The standard InChI is InChI=1S/C23H26N2O3S/c1-17(14-15-18-8-3-2-4-9-18)24-21(26)16-28-23(27)13-7-12-22-25-19-10-5-6-11-20(19)29-22/h2-6,8-11,17H,7,12-16H2,1H3,(H,24,26)/t17-/m0/s1. The molecule has 0 unspecified atom stereocenters. The first-order valence-electron chi connectivity index (χ1n) is 9.93. The summed E-state index contributed by atoms with van der Waals surface area (Å²) in [5.74, 6) is -0.608. The van der Waals surface area contributed by atoms with Gasteiger partial charge in [0.25, 0.3) is 5.91 Å². The third-order valence-electron chi connectivity index (χ3n) is 4.59. The van der Waals surface area contributed by atoms with Gasteiger partial charge in [0.05, 0.1) is 15.2 Å². The van der Waals surface area contributed by atoms with Gasteiger partial charge in [0.15, 0.2) is 6.61 Å². The van der Waals surface area contributed by atoms with Crippen LogP contribution >= 0.6 is 11.3 Å². The molecule has 1 aromatic heterocycles. The van der Waals surface area contributed by atoms with Crippen molar-refractivity contribution in [2.24, 2.45) is 0 Å². The molecular formula is C23H26N2O3S. The number of thiazole rings is 1. The van der Waals surface area contributed by atoms with Crippen molar-refractivity contribution in [1.29, 1.82) is 0 Å². The van der Waals surface area contributed by atoms with E-state index in [1.54, 1.807) is 11.3 Å². The molecule has 1 atom stereocenters. The van der Waals surface area contributed by atoms with Gasteiger partial charge in [0.1, 0.15) is 0 Å². The van der Waals surface area contributed by atoms with Crippen LogP contribution in [0.3, 0.4) is 0 Å². The predicted molar refractivity (Wildman–Crippen MR) is 116 cm³/mol. The first-order chi connectivity index (χ1) is 14.1. The smallest absolute Gasteiger partial charge is 0.306 e. The summed E-state index contributed by atoms with van der Waals surface area (Å²) in [6.45, 7) is 1.73. The molecular weight excluding hydrogens is 384 g/mol. The predicted octanol–water partition coefficient (Wildman–Crippen LogP) is 4.30. The SMILES string of the molecule is C[C@@H](CCc1ccccc1)NC(=O)COC(=O)CCCc1nc2ccccc2s1. The third-order valence-corrected chi connectivity index (χ3v) is 5.69. The number of ether oxygens (including phenoxy) is 1. The monoisotopic (exact) mass is 410 g/mol. The zero-order valence-corrected chi connectivity index (χ0v) is 17.4.